The number of halogens is 1. The molecule has 0 fully saturated rings. The minimum absolute atomic E-state index is 0.660. The molecule has 0 spiro atoms. The van der Waals surface area contributed by atoms with E-state index in [-0.39, 0.29) is 0 Å². The first kappa shape index (κ1) is 25.6. The molecule has 40 heavy (non-hydrogen) atoms. The van der Waals surface area contributed by atoms with Crippen LogP contribution in [-0.4, -0.2) is 25.1 Å². The molecule has 0 bridgehead atoms. The lowest BCUT2D eigenvalue weighted by Gasteiger charge is -2.10. The van der Waals surface area contributed by atoms with E-state index in [1.54, 1.807) is 6.20 Å². The van der Waals surface area contributed by atoms with Crippen molar-refractivity contribution >= 4 is 63.6 Å². The highest BCUT2D eigenvalue weighted by molar-refractivity contribution is 7.19. The van der Waals surface area contributed by atoms with Crippen molar-refractivity contribution in [1.29, 1.82) is 0 Å². The number of fused-ring (bicyclic) bond motifs is 1. The Hall–Kier alpha value is -4.72. The smallest absolute Gasteiger partial charge is 0.159 e. The molecule has 6 nitrogen and oxygen atoms in total. The monoisotopic (exact) mass is 560 g/mol. The van der Waals surface area contributed by atoms with Crippen molar-refractivity contribution in [3.8, 4) is 22.0 Å². The molecule has 0 atom stereocenters. The van der Waals surface area contributed by atoms with Gasteiger partial charge in [-0.25, -0.2) is 4.98 Å². The number of rotatable bonds is 7. The van der Waals surface area contributed by atoms with E-state index < -0.39 is 0 Å². The fourth-order valence-electron chi connectivity index (χ4n) is 4.43. The highest BCUT2D eigenvalue weighted by Gasteiger charge is 2.14. The van der Waals surface area contributed by atoms with Crippen LogP contribution in [0.25, 0.3) is 56.9 Å². The Kier molecular flexibility index (Phi) is 6.90. The molecular formula is C32H25ClN6S. The molecule has 4 heterocycles. The summed E-state index contributed by atoms with van der Waals surface area (Å²) >= 11 is 7.71. The van der Waals surface area contributed by atoms with E-state index in [4.69, 9.17) is 16.6 Å². The third-order valence-corrected chi connectivity index (χ3v) is 7.85. The fourth-order valence-corrected chi connectivity index (χ4v) is 5.50. The van der Waals surface area contributed by atoms with Gasteiger partial charge >= 0.3 is 0 Å². The summed E-state index contributed by atoms with van der Waals surface area (Å²) in [6.07, 6.45) is 7.62. The van der Waals surface area contributed by atoms with Crippen LogP contribution in [0, 0.1) is 0 Å². The van der Waals surface area contributed by atoms with Gasteiger partial charge in [-0.1, -0.05) is 73.3 Å². The summed E-state index contributed by atoms with van der Waals surface area (Å²) in [4.78, 5) is 13.7. The zero-order valence-corrected chi connectivity index (χ0v) is 23.3. The van der Waals surface area contributed by atoms with E-state index in [1.807, 2.05) is 79.9 Å². The van der Waals surface area contributed by atoms with Gasteiger partial charge in [0.1, 0.15) is 5.69 Å². The predicted molar refractivity (Wildman–Crippen MR) is 168 cm³/mol. The first-order valence-electron chi connectivity index (χ1n) is 12.6. The van der Waals surface area contributed by atoms with Gasteiger partial charge in [0.05, 0.1) is 32.6 Å². The van der Waals surface area contributed by atoms with Gasteiger partial charge in [-0.3, -0.25) is 10.1 Å². The van der Waals surface area contributed by atoms with Gasteiger partial charge in [0.25, 0.3) is 0 Å². The largest absolute Gasteiger partial charge is 0.354 e. The molecule has 4 aromatic heterocycles. The van der Waals surface area contributed by atoms with Gasteiger partial charge in [-0.05, 0) is 54.0 Å². The summed E-state index contributed by atoms with van der Waals surface area (Å²) in [5.74, 6) is 0.660. The second kappa shape index (κ2) is 10.8. The van der Waals surface area contributed by atoms with Gasteiger partial charge < -0.3 is 10.3 Å². The number of nitrogens with zero attached hydrogens (tertiary/aromatic N) is 3. The van der Waals surface area contributed by atoms with E-state index in [2.05, 4.69) is 50.8 Å². The molecule has 0 aliphatic heterocycles. The fraction of sp³-hybridized carbons (Fsp3) is 0.0312. The van der Waals surface area contributed by atoms with Crippen LogP contribution in [0.4, 0.5) is 5.69 Å². The van der Waals surface area contributed by atoms with Crippen LogP contribution in [0.1, 0.15) is 18.1 Å². The maximum atomic E-state index is 6.18. The highest BCUT2D eigenvalue weighted by Crippen LogP contribution is 2.35. The van der Waals surface area contributed by atoms with Gasteiger partial charge in [0, 0.05) is 27.6 Å². The van der Waals surface area contributed by atoms with E-state index in [0.717, 1.165) is 64.5 Å². The number of hydrogen-bond donors (Lipinski definition) is 3. The maximum Gasteiger partial charge on any atom is 0.159 e. The molecule has 196 valence electrons. The average Bonchev–Trinajstić information content (AvgIpc) is 3.70. The van der Waals surface area contributed by atoms with E-state index in [9.17, 15) is 0 Å². The number of imidazole rings is 1. The molecule has 6 rings (SSSR count). The summed E-state index contributed by atoms with van der Waals surface area (Å²) in [5, 5.41) is 12.5. The molecule has 0 saturated carbocycles. The third kappa shape index (κ3) is 5.12. The minimum Gasteiger partial charge on any atom is -0.354 e. The quantitative estimate of drug-likeness (QED) is 0.194. The second-order valence-electron chi connectivity index (χ2n) is 9.30. The molecule has 6 aromatic rings. The number of hydrogen-bond acceptors (Lipinski definition) is 5. The molecule has 8 heteroatoms. The van der Waals surface area contributed by atoms with Crippen molar-refractivity contribution in [2.24, 2.45) is 0 Å². The first-order chi connectivity index (χ1) is 19.5. The standard InChI is InChI=1S/C32H25ClN6S/c1-19(23-16-24(18-34-17-23)35-21(3)22-8-5-4-6-9-22)12-13-26-20(2)30(39-38-26)32-36-27-11-7-10-25(31(27)37-32)28-14-15-29(33)40-28/h4-18,35,38H,2-3H2,1H3,(H,36,37)/b19-12+,26-13+. The number of H-pyrrole nitrogens is 2. The van der Waals surface area contributed by atoms with E-state index in [0.29, 0.717) is 11.5 Å². The SMILES string of the molecule is C=C(Nc1cncc(/C(C)=C/C=c2/[nH]nc(-c3nc4c(-c5ccc(Cl)s5)cccc4[nH]3)c2=C)c1)c1ccccc1. The maximum absolute atomic E-state index is 6.18. The van der Waals surface area contributed by atoms with Crippen molar-refractivity contribution < 1.29 is 0 Å². The summed E-state index contributed by atoms with van der Waals surface area (Å²) in [6, 6.07) is 22.0. The second-order valence-corrected chi connectivity index (χ2v) is 11.0. The van der Waals surface area contributed by atoms with E-state index in [1.165, 1.54) is 11.3 Å². The predicted octanol–water partition coefficient (Wildman–Crippen LogP) is 7.11. The summed E-state index contributed by atoms with van der Waals surface area (Å²) < 4.78 is 0.745. The van der Waals surface area contributed by atoms with Crippen LogP contribution in [0.2, 0.25) is 4.34 Å². The van der Waals surface area contributed by atoms with Crippen molar-refractivity contribution in [2.45, 2.75) is 6.92 Å². The van der Waals surface area contributed by atoms with Gasteiger partial charge in [-0.15, -0.1) is 11.3 Å². The van der Waals surface area contributed by atoms with Crippen molar-refractivity contribution in [3.63, 3.8) is 0 Å². The summed E-state index contributed by atoms with van der Waals surface area (Å²) in [5.41, 5.74) is 8.25. The third-order valence-electron chi connectivity index (χ3n) is 6.59. The van der Waals surface area contributed by atoms with Crippen LogP contribution in [0.15, 0.2) is 91.8 Å². The molecule has 2 aromatic carbocycles. The Morgan fingerprint density at radius 2 is 1.88 bits per heavy atom. The topological polar surface area (TPSA) is 82.3 Å². The van der Waals surface area contributed by atoms with Gasteiger partial charge in [0.2, 0.25) is 0 Å². The number of aromatic nitrogens is 5. The van der Waals surface area contributed by atoms with Crippen molar-refractivity contribution in [2.75, 3.05) is 5.32 Å². The summed E-state index contributed by atoms with van der Waals surface area (Å²) in [7, 11) is 0. The van der Waals surface area contributed by atoms with Crippen LogP contribution in [0.5, 0.6) is 0 Å². The Morgan fingerprint density at radius 3 is 2.67 bits per heavy atom. The van der Waals surface area contributed by atoms with Crippen LogP contribution in [0.3, 0.4) is 0 Å². The molecule has 0 radical (unpaired) electrons. The zero-order chi connectivity index (χ0) is 27.6. The van der Waals surface area contributed by atoms with Gasteiger partial charge in [-0.2, -0.15) is 5.10 Å². The molecule has 3 N–H and O–H groups in total. The number of aromatic amines is 2. The van der Waals surface area contributed by atoms with Crippen molar-refractivity contribution in [3.05, 3.63) is 118 Å². The number of allylic oxidation sites excluding steroid dienone is 2. The lowest BCUT2D eigenvalue weighted by molar-refractivity contribution is 1.06. The Morgan fingerprint density at radius 1 is 1.02 bits per heavy atom. The highest BCUT2D eigenvalue weighted by atomic mass is 35.5. The Balaban J connectivity index is 1.26. The van der Waals surface area contributed by atoms with Crippen molar-refractivity contribution in [1.82, 2.24) is 25.1 Å². The normalized spacial score (nSPS) is 12.2. The lowest BCUT2D eigenvalue weighted by Crippen LogP contribution is -2.21. The van der Waals surface area contributed by atoms with Crippen LogP contribution < -0.4 is 15.9 Å². The van der Waals surface area contributed by atoms with Crippen LogP contribution in [-0.2, 0) is 0 Å². The number of nitrogens with one attached hydrogen (secondary N) is 3. The molecule has 0 amide bonds. The van der Waals surface area contributed by atoms with Crippen LogP contribution >= 0.6 is 22.9 Å². The molecule has 0 aliphatic carbocycles. The van der Waals surface area contributed by atoms with E-state index >= 15 is 0 Å². The number of benzene rings is 2. The molecule has 0 unspecified atom stereocenters. The molecular weight excluding hydrogens is 536 g/mol. The van der Waals surface area contributed by atoms with Gasteiger partial charge in [0.15, 0.2) is 5.82 Å². The number of para-hydroxylation sites is 1. The summed E-state index contributed by atoms with van der Waals surface area (Å²) in [6.45, 7) is 10.5. The Bertz CT molecular complexity index is 2000. The molecule has 0 saturated heterocycles. The number of thiophene rings is 1. The average molecular weight is 561 g/mol. The number of anilines is 1. The first-order valence-corrected chi connectivity index (χ1v) is 13.8. The Labute approximate surface area is 240 Å². The number of pyridine rings is 1. The minimum atomic E-state index is 0.660. The zero-order valence-electron chi connectivity index (χ0n) is 21.7. The molecule has 0 aliphatic rings. The lowest BCUT2D eigenvalue weighted by atomic mass is 10.1.